The summed E-state index contributed by atoms with van der Waals surface area (Å²) in [6, 6.07) is 8.21. The van der Waals surface area contributed by atoms with Crippen molar-refractivity contribution in [1.29, 1.82) is 0 Å². The monoisotopic (exact) mass is 360 g/mol. The van der Waals surface area contributed by atoms with E-state index in [2.05, 4.69) is 26.0 Å². The van der Waals surface area contributed by atoms with Gasteiger partial charge in [-0.2, -0.15) is 0 Å². The lowest BCUT2D eigenvalue weighted by Gasteiger charge is -2.41. The molecule has 1 aliphatic carbocycles. The number of hydrogen-bond acceptors (Lipinski definition) is 5. The lowest BCUT2D eigenvalue weighted by molar-refractivity contribution is -0.300. The van der Waals surface area contributed by atoms with Crippen molar-refractivity contribution >= 4 is 5.78 Å². The molecule has 1 aromatic carbocycles. The number of Topliss-reactive ketones (excluding diaryl/α,β-unsaturated/α-hetero) is 1. The highest BCUT2D eigenvalue weighted by Crippen LogP contribution is 2.52. The molecule has 0 spiro atoms. The third kappa shape index (κ3) is 3.11. The lowest BCUT2D eigenvalue weighted by Crippen LogP contribution is -2.53. The van der Waals surface area contributed by atoms with Crippen molar-refractivity contribution < 1.29 is 24.1 Å². The van der Waals surface area contributed by atoms with Crippen LogP contribution < -0.4 is 0 Å². The second-order valence-electron chi connectivity index (χ2n) is 8.04. The van der Waals surface area contributed by atoms with E-state index >= 15 is 0 Å². The number of fused-ring (bicyclic) bond motifs is 2. The summed E-state index contributed by atoms with van der Waals surface area (Å²) in [6.07, 6.45) is -0.728. The van der Waals surface area contributed by atoms with Gasteiger partial charge in [0.25, 0.3) is 0 Å². The van der Waals surface area contributed by atoms with Crippen LogP contribution in [0.1, 0.15) is 56.9 Å². The van der Waals surface area contributed by atoms with E-state index in [1.807, 2.05) is 19.1 Å². The van der Waals surface area contributed by atoms with E-state index in [0.717, 1.165) is 12.0 Å². The van der Waals surface area contributed by atoms with E-state index in [0.29, 0.717) is 18.9 Å². The second-order valence-corrected chi connectivity index (χ2v) is 8.04. The molecule has 142 valence electrons. The normalized spacial score (nSPS) is 38.6. The maximum absolute atomic E-state index is 12.2. The summed E-state index contributed by atoms with van der Waals surface area (Å²) in [5.74, 6) is 0.363. The van der Waals surface area contributed by atoms with Gasteiger partial charge in [0.1, 0.15) is 18.0 Å². The van der Waals surface area contributed by atoms with Gasteiger partial charge in [0.15, 0.2) is 6.29 Å². The van der Waals surface area contributed by atoms with E-state index in [4.69, 9.17) is 14.2 Å². The van der Waals surface area contributed by atoms with Gasteiger partial charge in [-0.05, 0) is 17.9 Å². The third-order valence-corrected chi connectivity index (χ3v) is 5.87. The molecule has 26 heavy (non-hydrogen) atoms. The largest absolute Gasteiger partial charge is 0.390 e. The van der Waals surface area contributed by atoms with Gasteiger partial charge in [-0.3, -0.25) is 4.79 Å². The highest BCUT2D eigenvalue weighted by molar-refractivity contribution is 5.85. The van der Waals surface area contributed by atoms with Gasteiger partial charge in [0.2, 0.25) is 0 Å². The van der Waals surface area contributed by atoms with Gasteiger partial charge in [-0.25, -0.2) is 0 Å². The SMILES string of the molecule is CCCC(=O)[C@@H]1[C@H]2O[C@@H]3COC(c4ccc(C(C)C)cc4)O[C@H]3[C@H](O)[C@H]21. The number of hydrogen-bond donors (Lipinski definition) is 1. The van der Waals surface area contributed by atoms with Crippen LogP contribution in [0.4, 0.5) is 0 Å². The smallest absolute Gasteiger partial charge is 0.184 e. The van der Waals surface area contributed by atoms with Crippen molar-refractivity contribution in [2.75, 3.05) is 6.61 Å². The molecule has 0 radical (unpaired) electrons. The first-order valence-corrected chi connectivity index (χ1v) is 9.74. The molecule has 3 fully saturated rings. The molecule has 2 saturated heterocycles. The molecule has 5 nitrogen and oxygen atoms in total. The minimum Gasteiger partial charge on any atom is -0.390 e. The molecular weight excluding hydrogens is 332 g/mol. The van der Waals surface area contributed by atoms with Gasteiger partial charge < -0.3 is 19.3 Å². The Morgan fingerprint density at radius 1 is 1.19 bits per heavy atom. The molecule has 0 aromatic heterocycles. The van der Waals surface area contributed by atoms with Gasteiger partial charge in [0, 0.05) is 17.9 Å². The topological polar surface area (TPSA) is 65.0 Å². The average molecular weight is 360 g/mol. The van der Waals surface area contributed by atoms with Crippen LogP contribution in [0.3, 0.4) is 0 Å². The van der Waals surface area contributed by atoms with Crippen LogP contribution in [0, 0.1) is 11.8 Å². The van der Waals surface area contributed by atoms with E-state index in [-0.39, 0.29) is 29.8 Å². The molecule has 2 heterocycles. The molecule has 2 aliphatic heterocycles. The zero-order valence-electron chi connectivity index (χ0n) is 15.6. The maximum Gasteiger partial charge on any atom is 0.184 e. The molecule has 1 unspecified atom stereocenters. The van der Waals surface area contributed by atoms with Crippen LogP contribution in [-0.4, -0.2) is 41.9 Å². The highest BCUT2D eigenvalue weighted by Gasteiger charge is 2.65. The molecule has 4 rings (SSSR count). The average Bonchev–Trinajstić information content (AvgIpc) is 3.36. The standard InChI is InChI=1S/C21H28O5/c1-4-5-14(22)16-17-18(23)19-15(25-20(16)17)10-24-21(26-19)13-8-6-12(7-9-13)11(2)3/h6-9,11,15-21,23H,4-5,10H2,1-3H3/t15-,16+,17-,18-,19-,20-,21?/m1/s1. The number of aliphatic hydroxyl groups is 1. The first kappa shape index (κ1) is 18.1. The van der Waals surface area contributed by atoms with Crippen molar-refractivity contribution in [3.63, 3.8) is 0 Å². The summed E-state index contributed by atoms with van der Waals surface area (Å²) < 4.78 is 17.9. The number of carbonyl (C=O) groups is 1. The van der Waals surface area contributed by atoms with Gasteiger partial charge >= 0.3 is 0 Å². The number of ether oxygens (including phenoxy) is 3. The minimum atomic E-state index is -0.675. The molecule has 0 amide bonds. The molecule has 0 bridgehead atoms. The maximum atomic E-state index is 12.2. The molecule has 1 aromatic rings. The predicted molar refractivity (Wildman–Crippen MR) is 95.7 cm³/mol. The lowest BCUT2D eigenvalue weighted by atomic mass is 9.98. The summed E-state index contributed by atoms with van der Waals surface area (Å²) in [7, 11) is 0. The van der Waals surface area contributed by atoms with E-state index in [1.54, 1.807) is 0 Å². The van der Waals surface area contributed by atoms with Crippen LogP contribution >= 0.6 is 0 Å². The molecule has 7 atom stereocenters. The van der Waals surface area contributed by atoms with Crippen LogP contribution in [0.15, 0.2) is 24.3 Å². The quantitative estimate of drug-likeness (QED) is 0.875. The fourth-order valence-corrected chi connectivity index (χ4v) is 4.30. The fraction of sp³-hybridized carbons (Fsp3) is 0.667. The summed E-state index contributed by atoms with van der Waals surface area (Å²) in [4.78, 5) is 12.2. The number of benzene rings is 1. The van der Waals surface area contributed by atoms with E-state index in [9.17, 15) is 9.90 Å². The molecule has 1 N–H and O–H groups in total. The van der Waals surface area contributed by atoms with Crippen LogP contribution in [0.5, 0.6) is 0 Å². The first-order chi connectivity index (χ1) is 12.5. The molecule has 1 saturated carbocycles. The van der Waals surface area contributed by atoms with Crippen molar-refractivity contribution in [1.82, 2.24) is 0 Å². The van der Waals surface area contributed by atoms with Crippen LogP contribution in [0.25, 0.3) is 0 Å². The van der Waals surface area contributed by atoms with E-state index in [1.165, 1.54) is 5.56 Å². The first-order valence-electron chi connectivity index (χ1n) is 9.74. The van der Waals surface area contributed by atoms with E-state index < -0.39 is 18.5 Å². The van der Waals surface area contributed by atoms with Crippen molar-refractivity contribution in [3.05, 3.63) is 35.4 Å². The van der Waals surface area contributed by atoms with Gasteiger partial charge in [-0.15, -0.1) is 0 Å². The number of aliphatic hydroxyl groups excluding tert-OH is 1. The second kappa shape index (κ2) is 7.04. The Bertz CT molecular complexity index is 655. The van der Waals surface area contributed by atoms with Crippen molar-refractivity contribution in [3.8, 4) is 0 Å². The number of ketones is 1. The van der Waals surface area contributed by atoms with Gasteiger partial charge in [0.05, 0.1) is 24.7 Å². The Labute approximate surface area is 154 Å². The zero-order chi connectivity index (χ0) is 18.4. The summed E-state index contributed by atoms with van der Waals surface area (Å²) in [5, 5.41) is 10.8. The Balaban J connectivity index is 1.44. The summed E-state index contributed by atoms with van der Waals surface area (Å²) in [6.45, 7) is 6.68. The Hall–Kier alpha value is -1.27. The Morgan fingerprint density at radius 3 is 2.58 bits per heavy atom. The van der Waals surface area contributed by atoms with Crippen molar-refractivity contribution in [2.24, 2.45) is 11.8 Å². The zero-order valence-corrected chi connectivity index (χ0v) is 15.6. The summed E-state index contributed by atoms with van der Waals surface area (Å²) in [5.41, 5.74) is 2.21. The molecule has 5 heteroatoms. The Kier molecular flexibility index (Phi) is 4.90. The van der Waals surface area contributed by atoms with Crippen LogP contribution in [0.2, 0.25) is 0 Å². The predicted octanol–water partition coefficient (Wildman–Crippen LogP) is 2.97. The Morgan fingerprint density at radius 2 is 1.92 bits per heavy atom. The molecular formula is C21H28O5. The third-order valence-electron chi connectivity index (χ3n) is 5.87. The van der Waals surface area contributed by atoms with Crippen LogP contribution in [-0.2, 0) is 19.0 Å². The number of carbonyl (C=O) groups excluding carboxylic acids is 1. The molecule has 3 aliphatic rings. The fourth-order valence-electron chi connectivity index (χ4n) is 4.30. The minimum absolute atomic E-state index is 0.127. The summed E-state index contributed by atoms with van der Waals surface area (Å²) >= 11 is 0. The number of rotatable bonds is 5. The highest BCUT2D eigenvalue weighted by atomic mass is 16.7. The van der Waals surface area contributed by atoms with Crippen molar-refractivity contribution in [2.45, 2.75) is 70.2 Å². The van der Waals surface area contributed by atoms with Gasteiger partial charge in [-0.1, -0.05) is 45.0 Å².